The standard InChI is InChI=1S/C23H30Cl2N4O/c1-5-22(30)28-8-10-29(11-9-28)23-19(13-17-6-7-18(24)14-20(17)25)16(4)26-21(27-23)12-15(2)3/h6-7,14-15H,5,8-13H2,1-4H3. The number of anilines is 1. The fraction of sp³-hybridized carbons (Fsp3) is 0.522. The summed E-state index contributed by atoms with van der Waals surface area (Å²) >= 11 is 12.5. The molecule has 0 unspecified atom stereocenters. The molecule has 2 aromatic rings. The Balaban J connectivity index is 1.94. The Morgan fingerprint density at radius 3 is 2.43 bits per heavy atom. The lowest BCUT2D eigenvalue weighted by molar-refractivity contribution is -0.131. The zero-order chi connectivity index (χ0) is 21.8. The molecule has 0 N–H and O–H groups in total. The number of rotatable bonds is 6. The van der Waals surface area contributed by atoms with Gasteiger partial charge < -0.3 is 9.80 Å². The zero-order valence-corrected chi connectivity index (χ0v) is 19.7. The summed E-state index contributed by atoms with van der Waals surface area (Å²) in [5.74, 6) is 2.53. The summed E-state index contributed by atoms with van der Waals surface area (Å²) in [5.41, 5.74) is 3.07. The minimum Gasteiger partial charge on any atom is -0.353 e. The number of piperazine rings is 1. The van der Waals surface area contributed by atoms with Crippen molar-refractivity contribution < 1.29 is 4.79 Å². The summed E-state index contributed by atoms with van der Waals surface area (Å²) in [5, 5.41) is 1.28. The minimum atomic E-state index is 0.210. The van der Waals surface area contributed by atoms with E-state index in [4.69, 9.17) is 33.2 Å². The number of amides is 1. The molecule has 5 nitrogen and oxygen atoms in total. The topological polar surface area (TPSA) is 49.3 Å². The molecule has 3 rings (SSSR count). The molecule has 2 heterocycles. The van der Waals surface area contributed by atoms with Crippen LogP contribution >= 0.6 is 23.2 Å². The van der Waals surface area contributed by atoms with Crippen molar-refractivity contribution >= 4 is 34.9 Å². The van der Waals surface area contributed by atoms with Crippen molar-refractivity contribution in [2.75, 3.05) is 31.1 Å². The average Bonchev–Trinajstić information content (AvgIpc) is 2.70. The van der Waals surface area contributed by atoms with Crippen molar-refractivity contribution in [3.05, 3.63) is 50.9 Å². The number of carbonyl (C=O) groups excluding carboxylic acids is 1. The Morgan fingerprint density at radius 1 is 1.13 bits per heavy atom. The molecule has 0 aliphatic carbocycles. The number of benzene rings is 1. The van der Waals surface area contributed by atoms with Crippen LogP contribution in [0.3, 0.4) is 0 Å². The van der Waals surface area contributed by atoms with Crippen LogP contribution in [0.15, 0.2) is 18.2 Å². The summed E-state index contributed by atoms with van der Waals surface area (Å²) in [4.78, 5) is 26.1. The minimum absolute atomic E-state index is 0.210. The molecular weight excluding hydrogens is 419 g/mol. The van der Waals surface area contributed by atoms with Gasteiger partial charge in [-0.25, -0.2) is 9.97 Å². The molecule has 1 saturated heterocycles. The first kappa shape index (κ1) is 22.8. The van der Waals surface area contributed by atoms with Gasteiger partial charge in [0.15, 0.2) is 0 Å². The number of hydrogen-bond donors (Lipinski definition) is 0. The lowest BCUT2D eigenvalue weighted by Gasteiger charge is -2.36. The fourth-order valence-electron chi connectivity index (χ4n) is 3.81. The first-order chi connectivity index (χ1) is 14.3. The second-order valence-electron chi connectivity index (χ2n) is 8.26. The van der Waals surface area contributed by atoms with Crippen LogP contribution in [-0.4, -0.2) is 47.0 Å². The average molecular weight is 449 g/mol. The van der Waals surface area contributed by atoms with Crippen molar-refractivity contribution in [3.63, 3.8) is 0 Å². The van der Waals surface area contributed by atoms with Crippen LogP contribution in [0.1, 0.15) is 49.8 Å². The van der Waals surface area contributed by atoms with E-state index >= 15 is 0 Å². The Hall–Kier alpha value is -1.85. The fourth-order valence-corrected chi connectivity index (χ4v) is 4.28. The van der Waals surface area contributed by atoms with Crippen molar-refractivity contribution in [3.8, 4) is 0 Å². The molecular formula is C23H30Cl2N4O. The predicted molar refractivity (Wildman–Crippen MR) is 124 cm³/mol. The summed E-state index contributed by atoms with van der Waals surface area (Å²) in [6, 6.07) is 5.60. The summed E-state index contributed by atoms with van der Waals surface area (Å²) in [6.07, 6.45) is 2.03. The van der Waals surface area contributed by atoms with E-state index in [0.717, 1.165) is 61.1 Å². The van der Waals surface area contributed by atoms with Crippen molar-refractivity contribution in [1.29, 1.82) is 0 Å². The van der Waals surface area contributed by atoms with Crippen molar-refractivity contribution in [1.82, 2.24) is 14.9 Å². The third-order valence-electron chi connectivity index (χ3n) is 5.45. The van der Waals surface area contributed by atoms with Crippen LogP contribution < -0.4 is 4.90 Å². The molecule has 1 aromatic carbocycles. The highest BCUT2D eigenvalue weighted by atomic mass is 35.5. The molecule has 1 aliphatic rings. The van der Waals surface area contributed by atoms with E-state index in [2.05, 4.69) is 18.7 Å². The van der Waals surface area contributed by atoms with Gasteiger partial charge in [0.05, 0.1) is 0 Å². The smallest absolute Gasteiger partial charge is 0.222 e. The lowest BCUT2D eigenvalue weighted by Crippen LogP contribution is -2.49. The van der Waals surface area contributed by atoms with E-state index in [1.165, 1.54) is 0 Å². The first-order valence-corrected chi connectivity index (χ1v) is 11.4. The van der Waals surface area contributed by atoms with E-state index in [9.17, 15) is 4.79 Å². The number of aromatic nitrogens is 2. The lowest BCUT2D eigenvalue weighted by atomic mass is 10.0. The SMILES string of the molecule is CCC(=O)N1CCN(c2nc(CC(C)C)nc(C)c2Cc2ccc(Cl)cc2Cl)CC1. The second-order valence-corrected chi connectivity index (χ2v) is 9.10. The van der Waals surface area contributed by atoms with E-state index in [-0.39, 0.29) is 5.91 Å². The van der Waals surface area contributed by atoms with Crippen molar-refractivity contribution in [2.24, 2.45) is 5.92 Å². The summed E-state index contributed by atoms with van der Waals surface area (Å²) in [6.45, 7) is 11.3. The van der Waals surface area contributed by atoms with E-state index in [0.29, 0.717) is 28.8 Å². The second kappa shape index (κ2) is 9.97. The molecule has 1 fully saturated rings. The van der Waals surface area contributed by atoms with E-state index < -0.39 is 0 Å². The molecule has 30 heavy (non-hydrogen) atoms. The maximum atomic E-state index is 12.1. The Labute approximate surface area is 189 Å². The zero-order valence-electron chi connectivity index (χ0n) is 18.2. The van der Waals surface area contributed by atoms with Crippen LogP contribution in [0.4, 0.5) is 5.82 Å². The number of carbonyl (C=O) groups is 1. The van der Waals surface area contributed by atoms with Crippen LogP contribution in [0.2, 0.25) is 10.0 Å². The van der Waals surface area contributed by atoms with E-state index in [1.54, 1.807) is 6.07 Å². The molecule has 0 radical (unpaired) electrons. The summed E-state index contributed by atoms with van der Waals surface area (Å²) in [7, 11) is 0. The van der Waals surface area contributed by atoms with Gasteiger partial charge in [0.1, 0.15) is 11.6 Å². The molecule has 1 amide bonds. The van der Waals surface area contributed by atoms with Gasteiger partial charge >= 0.3 is 0 Å². The van der Waals surface area contributed by atoms with Crippen LogP contribution in [0, 0.1) is 12.8 Å². The maximum Gasteiger partial charge on any atom is 0.222 e. The maximum absolute atomic E-state index is 12.1. The number of nitrogens with zero attached hydrogens (tertiary/aromatic N) is 4. The highest BCUT2D eigenvalue weighted by Gasteiger charge is 2.25. The normalized spacial score (nSPS) is 14.5. The van der Waals surface area contributed by atoms with E-state index in [1.807, 2.05) is 30.9 Å². The Kier molecular flexibility index (Phi) is 7.59. The first-order valence-electron chi connectivity index (χ1n) is 10.6. The van der Waals surface area contributed by atoms with Gasteiger partial charge in [0.25, 0.3) is 0 Å². The van der Waals surface area contributed by atoms with Gasteiger partial charge in [-0.05, 0) is 30.5 Å². The Bertz CT molecular complexity index is 908. The highest BCUT2D eigenvalue weighted by molar-refractivity contribution is 6.35. The summed E-state index contributed by atoms with van der Waals surface area (Å²) < 4.78 is 0. The molecule has 1 aliphatic heterocycles. The molecule has 0 saturated carbocycles. The van der Waals surface area contributed by atoms with Gasteiger partial charge in [-0.1, -0.05) is 50.0 Å². The molecule has 0 spiro atoms. The molecule has 1 aromatic heterocycles. The van der Waals surface area contributed by atoms with Gasteiger partial charge in [0.2, 0.25) is 5.91 Å². The predicted octanol–water partition coefficient (Wildman–Crippen LogP) is 4.94. The third-order valence-corrected chi connectivity index (χ3v) is 6.03. The number of halogens is 2. The van der Waals surface area contributed by atoms with Gasteiger partial charge in [-0.2, -0.15) is 0 Å². The van der Waals surface area contributed by atoms with Crippen LogP contribution in [-0.2, 0) is 17.6 Å². The molecule has 162 valence electrons. The molecule has 7 heteroatoms. The van der Waals surface area contributed by atoms with Crippen molar-refractivity contribution in [2.45, 2.75) is 47.0 Å². The Morgan fingerprint density at radius 2 is 1.83 bits per heavy atom. The van der Waals surface area contributed by atoms with Gasteiger partial charge in [-0.3, -0.25) is 4.79 Å². The quantitative estimate of drug-likeness (QED) is 0.627. The third kappa shape index (κ3) is 5.44. The van der Waals surface area contributed by atoms with Crippen LogP contribution in [0.25, 0.3) is 0 Å². The highest BCUT2D eigenvalue weighted by Crippen LogP contribution is 2.29. The monoisotopic (exact) mass is 448 g/mol. The van der Waals surface area contributed by atoms with Crippen LogP contribution in [0.5, 0.6) is 0 Å². The number of aryl methyl sites for hydroxylation is 1. The van der Waals surface area contributed by atoms with Gasteiger partial charge in [0, 0.05) is 66.7 Å². The molecule has 0 bridgehead atoms. The number of hydrogen-bond acceptors (Lipinski definition) is 4. The van der Waals surface area contributed by atoms with Gasteiger partial charge in [-0.15, -0.1) is 0 Å². The molecule has 0 atom stereocenters. The largest absolute Gasteiger partial charge is 0.353 e.